The maximum absolute atomic E-state index is 12.7. The third kappa shape index (κ3) is 7.73. The van der Waals surface area contributed by atoms with Gasteiger partial charge in [-0.3, -0.25) is 4.79 Å². The molecule has 1 N–H and O–H groups in total. The van der Waals surface area contributed by atoms with Crippen LogP contribution in [-0.2, 0) is 13.2 Å². The molecule has 0 bridgehead atoms. The number of amides is 1. The van der Waals surface area contributed by atoms with Crippen molar-refractivity contribution in [2.75, 3.05) is 14.2 Å². The van der Waals surface area contributed by atoms with Gasteiger partial charge in [0.2, 0.25) is 0 Å². The molecule has 0 aromatic heterocycles. The van der Waals surface area contributed by atoms with E-state index < -0.39 is 0 Å². The van der Waals surface area contributed by atoms with Crippen LogP contribution in [0.25, 0.3) is 0 Å². The number of hydrogen-bond donors (Lipinski definition) is 1. The van der Waals surface area contributed by atoms with Crippen LogP contribution in [0.3, 0.4) is 0 Å². The Balaban J connectivity index is 1.38. The van der Waals surface area contributed by atoms with Gasteiger partial charge in [-0.2, -0.15) is 5.10 Å². The molecular weight excluding hydrogens is 607 g/mol. The molecule has 39 heavy (non-hydrogen) atoms. The number of nitrogens with zero attached hydrogens (tertiary/aromatic N) is 1. The van der Waals surface area contributed by atoms with Gasteiger partial charge in [0.1, 0.15) is 13.2 Å². The Morgan fingerprint density at radius 3 is 2.23 bits per heavy atom. The number of halogens is 1. The molecule has 0 radical (unpaired) electrons. The van der Waals surface area contributed by atoms with Gasteiger partial charge in [-0.1, -0.05) is 60.2 Å². The highest BCUT2D eigenvalue weighted by molar-refractivity contribution is 14.1. The van der Waals surface area contributed by atoms with Gasteiger partial charge in [-0.05, 0) is 76.5 Å². The Labute approximate surface area is 241 Å². The quantitative estimate of drug-likeness (QED) is 0.115. The van der Waals surface area contributed by atoms with E-state index in [0.29, 0.717) is 41.8 Å². The minimum Gasteiger partial charge on any atom is -0.493 e. The molecule has 4 aromatic carbocycles. The van der Waals surface area contributed by atoms with E-state index in [9.17, 15) is 4.79 Å². The standard InChI is InChI=1S/C31H29IN2O5/c1-21-9-11-23(12-10-21)20-39-30-26(32)15-24(16-29(30)37-3)18-33-34-31(35)25-13-14-27(28(17-25)36-2)38-19-22-7-5-4-6-8-22/h4-18H,19-20H2,1-3H3,(H,34,35)/b33-18+. The van der Waals surface area contributed by atoms with Crippen molar-refractivity contribution in [3.8, 4) is 23.0 Å². The molecule has 0 aliphatic carbocycles. The van der Waals surface area contributed by atoms with Gasteiger partial charge in [0.05, 0.1) is 24.0 Å². The summed E-state index contributed by atoms with van der Waals surface area (Å²) in [6.45, 7) is 2.87. The molecule has 0 aliphatic heterocycles. The first-order valence-corrected chi connectivity index (χ1v) is 13.3. The van der Waals surface area contributed by atoms with Crippen molar-refractivity contribution >= 4 is 34.7 Å². The van der Waals surface area contributed by atoms with Crippen LogP contribution in [0, 0.1) is 10.5 Å². The largest absolute Gasteiger partial charge is 0.493 e. The Morgan fingerprint density at radius 2 is 1.51 bits per heavy atom. The smallest absolute Gasteiger partial charge is 0.271 e. The van der Waals surface area contributed by atoms with E-state index in [2.05, 4.69) is 52.2 Å². The van der Waals surface area contributed by atoms with Crippen LogP contribution in [0.5, 0.6) is 23.0 Å². The number of ether oxygens (including phenoxy) is 4. The lowest BCUT2D eigenvalue weighted by Gasteiger charge is -2.14. The Kier molecular flexibility index (Phi) is 9.80. The molecule has 1 amide bonds. The van der Waals surface area contributed by atoms with Gasteiger partial charge in [0.25, 0.3) is 5.91 Å². The predicted octanol–water partition coefficient (Wildman–Crippen LogP) is 6.54. The summed E-state index contributed by atoms with van der Waals surface area (Å²) in [4.78, 5) is 12.7. The zero-order valence-corrected chi connectivity index (χ0v) is 24.1. The number of nitrogens with one attached hydrogen (secondary N) is 1. The predicted molar refractivity (Wildman–Crippen MR) is 160 cm³/mol. The van der Waals surface area contributed by atoms with Crippen LogP contribution in [0.1, 0.15) is 32.6 Å². The van der Waals surface area contributed by atoms with Crippen LogP contribution in [0.15, 0.2) is 90.0 Å². The monoisotopic (exact) mass is 636 g/mol. The highest BCUT2D eigenvalue weighted by atomic mass is 127. The fourth-order valence-corrected chi connectivity index (χ4v) is 4.47. The summed E-state index contributed by atoms with van der Waals surface area (Å²) in [7, 11) is 3.13. The van der Waals surface area contributed by atoms with Crippen LogP contribution < -0.4 is 24.4 Å². The van der Waals surface area contributed by atoms with E-state index in [1.165, 1.54) is 12.7 Å². The summed E-state index contributed by atoms with van der Waals surface area (Å²) < 4.78 is 23.8. The molecule has 0 saturated carbocycles. The van der Waals surface area contributed by atoms with Gasteiger partial charge >= 0.3 is 0 Å². The van der Waals surface area contributed by atoms with E-state index in [1.54, 1.807) is 31.5 Å². The SMILES string of the molecule is COc1cc(C(=O)N/N=C/c2cc(I)c(OCc3ccc(C)cc3)c(OC)c2)ccc1OCc1ccccc1. The van der Waals surface area contributed by atoms with Gasteiger partial charge in [-0.25, -0.2) is 5.43 Å². The first-order chi connectivity index (χ1) is 19.0. The van der Waals surface area contributed by atoms with E-state index in [1.807, 2.05) is 54.6 Å². The van der Waals surface area contributed by atoms with Crippen LogP contribution in [0.4, 0.5) is 0 Å². The Hall–Kier alpha value is -4.05. The number of hydrazone groups is 1. The molecule has 0 fully saturated rings. The Bertz CT molecular complexity index is 1440. The molecule has 4 aromatic rings. The van der Waals surface area contributed by atoms with Crippen molar-refractivity contribution in [3.63, 3.8) is 0 Å². The molecular formula is C31H29IN2O5. The van der Waals surface area contributed by atoms with Gasteiger partial charge in [0.15, 0.2) is 23.0 Å². The molecule has 0 spiro atoms. The van der Waals surface area contributed by atoms with Crippen molar-refractivity contribution in [2.24, 2.45) is 5.10 Å². The van der Waals surface area contributed by atoms with Crippen molar-refractivity contribution in [3.05, 3.63) is 116 Å². The fraction of sp³-hybridized carbons (Fsp3) is 0.161. The molecule has 8 heteroatoms. The average Bonchev–Trinajstić information content (AvgIpc) is 2.96. The van der Waals surface area contributed by atoms with E-state index in [0.717, 1.165) is 20.3 Å². The minimum absolute atomic E-state index is 0.376. The molecule has 0 atom stereocenters. The lowest BCUT2D eigenvalue weighted by Crippen LogP contribution is -2.17. The molecule has 0 aliphatic rings. The summed E-state index contributed by atoms with van der Waals surface area (Å²) in [6, 6.07) is 26.7. The van der Waals surface area contributed by atoms with Crippen LogP contribution in [-0.4, -0.2) is 26.3 Å². The van der Waals surface area contributed by atoms with Crippen molar-refractivity contribution in [1.82, 2.24) is 5.43 Å². The second-order valence-electron chi connectivity index (χ2n) is 8.65. The topological polar surface area (TPSA) is 78.4 Å². The molecule has 7 nitrogen and oxygen atoms in total. The first kappa shape index (κ1) is 28.0. The summed E-state index contributed by atoms with van der Waals surface area (Å²) in [6.07, 6.45) is 1.56. The van der Waals surface area contributed by atoms with Crippen molar-refractivity contribution in [2.45, 2.75) is 20.1 Å². The van der Waals surface area contributed by atoms with Crippen molar-refractivity contribution < 1.29 is 23.7 Å². The normalized spacial score (nSPS) is 10.8. The molecule has 4 rings (SSSR count). The summed E-state index contributed by atoms with van der Waals surface area (Å²) in [5.41, 5.74) is 7.00. The number of carbonyl (C=O) groups is 1. The maximum Gasteiger partial charge on any atom is 0.271 e. The first-order valence-electron chi connectivity index (χ1n) is 12.2. The number of methoxy groups -OCH3 is 2. The zero-order chi connectivity index (χ0) is 27.6. The molecule has 0 unspecified atom stereocenters. The van der Waals surface area contributed by atoms with E-state index in [-0.39, 0.29) is 5.91 Å². The third-order valence-electron chi connectivity index (χ3n) is 5.80. The summed E-state index contributed by atoms with van der Waals surface area (Å²) in [5.74, 6) is 1.87. The lowest BCUT2D eigenvalue weighted by atomic mass is 10.2. The van der Waals surface area contributed by atoms with Crippen molar-refractivity contribution in [1.29, 1.82) is 0 Å². The van der Waals surface area contributed by atoms with Crippen LogP contribution in [0.2, 0.25) is 0 Å². The Morgan fingerprint density at radius 1 is 0.821 bits per heavy atom. The van der Waals surface area contributed by atoms with Gasteiger partial charge < -0.3 is 18.9 Å². The summed E-state index contributed by atoms with van der Waals surface area (Å²) in [5, 5.41) is 4.12. The number of hydrogen-bond acceptors (Lipinski definition) is 6. The zero-order valence-electron chi connectivity index (χ0n) is 21.9. The van der Waals surface area contributed by atoms with Gasteiger partial charge in [-0.15, -0.1) is 0 Å². The number of aryl methyl sites for hydroxylation is 1. The maximum atomic E-state index is 12.7. The second-order valence-corrected chi connectivity index (χ2v) is 9.81. The highest BCUT2D eigenvalue weighted by Crippen LogP contribution is 2.34. The summed E-state index contributed by atoms with van der Waals surface area (Å²) >= 11 is 2.20. The molecule has 0 heterocycles. The highest BCUT2D eigenvalue weighted by Gasteiger charge is 2.13. The lowest BCUT2D eigenvalue weighted by molar-refractivity contribution is 0.0954. The average molecular weight is 636 g/mol. The minimum atomic E-state index is -0.376. The molecule has 200 valence electrons. The fourth-order valence-electron chi connectivity index (χ4n) is 3.69. The van der Waals surface area contributed by atoms with E-state index >= 15 is 0 Å². The second kappa shape index (κ2) is 13.7. The van der Waals surface area contributed by atoms with Gasteiger partial charge in [0, 0.05) is 5.56 Å². The number of rotatable bonds is 11. The third-order valence-corrected chi connectivity index (χ3v) is 6.60. The van der Waals surface area contributed by atoms with E-state index in [4.69, 9.17) is 18.9 Å². The number of benzene rings is 4. The number of carbonyl (C=O) groups excluding carboxylic acids is 1. The van der Waals surface area contributed by atoms with Crippen LogP contribution >= 0.6 is 22.6 Å². The molecule has 0 saturated heterocycles.